The minimum Gasteiger partial charge on any atom is -0.394 e. The molecular formula is C12H20N6O. The van der Waals surface area contributed by atoms with Gasteiger partial charge >= 0.3 is 0 Å². The van der Waals surface area contributed by atoms with Crippen LogP contribution in [0.1, 0.15) is 37.3 Å². The van der Waals surface area contributed by atoms with E-state index in [1.807, 2.05) is 11.6 Å². The van der Waals surface area contributed by atoms with E-state index in [1.165, 1.54) is 0 Å². The Balaban J connectivity index is 2.03. The van der Waals surface area contributed by atoms with Crippen molar-refractivity contribution >= 4 is 11.5 Å². The molecule has 0 aromatic carbocycles. The van der Waals surface area contributed by atoms with Gasteiger partial charge in [-0.3, -0.25) is 0 Å². The standard InChI is InChI=1S/C12H20N6O/c1-7(2)18-12(11(13)8(3)16-18)14-6-5-10-15-9(4)17-19-10/h7,14H,5-6,13H2,1-4H3. The average molecular weight is 264 g/mol. The van der Waals surface area contributed by atoms with Gasteiger partial charge in [-0.15, -0.1) is 0 Å². The quantitative estimate of drug-likeness (QED) is 0.853. The molecule has 0 aliphatic heterocycles. The summed E-state index contributed by atoms with van der Waals surface area (Å²) < 4.78 is 6.95. The number of aromatic nitrogens is 4. The highest BCUT2D eigenvalue weighted by atomic mass is 16.5. The van der Waals surface area contributed by atoms with Gasteiger partial charge in [0.1, 0.15) is 5.82 Å². The number of nitrogens with two attached hydrogens (primary N) is 1. The Morgan fingerprint density at radius 1 is 1.37 bits per heavy atom. The Morgan fingerprint density at radius 2 is 2.11 bits per heavy atom. The molecule has 0 saturated carbocycles. The van der Waals surface area contributed by atoms with Crippen LogP contribution in [-0.4, -0.2) is 26.5 Å². The molecule has 7 nitrogen and oxygen atoms in total. The van der Waals surface area contributed by atoms with E-state index in [0.717, 1.165) is 11.5 Å². The second-order valence-electron chi connectivity index (χ2n) is 4.80. The number of rotatable bonds is 5. The minimum absolute atomic E-state index is 0.254. The molecule has 0 amide bonds. The molecule has 0 fully saturated rings. The zero-order valence-electron chi connectivity index (χ0n) is 11.8. The van der Waals surface area contributed by atoms with Gasteiger partial charge in [-0.1, -0.05) is 5.16 Å². The maximum absolute atomic E-state index is 6.03. The fourth-order valence-corrected chi connectivity index (χ4v) is 1.84. The summed E-state index contributed by atoms with van der Waals surface area (Å²) in [5.74, 6) is 2.12. The lowest BCUT2D eigenvalue weighted by Gasteiger charge is -2.12. The molecule has 2 aromatic heterocycles. The molecule has 2 heterocycles. The van der Waals surface area contributed by atoms with Gasteiger partial charge in [0.2, 0.25) is 5.89 Å². The zero-order valence-corrected chi connectivity index (χ0v) is 11.8. The van der Waals surface area contributed by atoms with Crippen molar-refractivity contribution in [3.63, 3.8) is 0 Å². The summed E-state index contributed by atoms with van der Waals surface area (Å²) in [5.41, 5.74) is 7.56. The van der Waals surface area contributed by atoms with Crippen LogP contribution in [0.15, 0.2) is 4.52 Å². The second kappa shape index (κ2) is 5.29. The molecule has 3 N–H and O–H groups in total. The lowest BCUT2D eigenvalue weighted by Crippen LogP contribution is -2.13. The molecule has 0 aliphatic carbocycles. The van der Waals surface area contributed by atoms with E-state index in [2.05, 4.69) is 34.4 Å². The molecule has 0 saturated heterocycles. The first-order valence-electron chi connectivity index (χ1n) is 6.36. The smallest absolute Gasteiger partial charge is 0.228 e. The van der Waals surface area contributed by atoms with Crippen molar-refractivity contribution in [3.05, 3.63) is 17.4 Å². The molecule has 0 aliphatic rings. The van der Waals surface area contributed by atoms with Gasteiger partial charge in [0.25, 0.3) is 0 Å². The largest absolute Gasteiger partial charge is 0.394 e. The monoisotopic (exact) mass is 264 g/mol. The van der Waals surface area contributed by atoms with Crippen LogP contribution in [0.3, 0.4) is 0 Å². The van der Waals surface area contributed by atoms with E-state index in [4.69, 9.17) is 10.3 Å². The highest BCUT2D eigenvalue weighted by Crippen LogP contribution is 2.25. The van der Waals surface area contributed by atoms with Crippen LogP contribution in [0.2, 0.25) is 0 Å². The van der Waals surface area contributed by atoms with Crippen molar-refractivity contribution in [1.29, 1.82) is 0 Å². The van der Waals surface area contributed by atoms with E-state index in [0.29, 0.717) is 30.4 Å². The molecule has 104 valence electrons. The maximum atomic E-state index is 6.03. The third kappa shape index (κ3) is 2.86. The van der Waals surface area contributed by atoms with Gasteiger partial charge in [0, 0.05) is 19.0 Å². The average Bonchev–Trinajstić information content (AvgIpc) is 2.87. The first kappa shape index (κ1) is 13.4. The van der Waals surface area contributed by atoms with E-state index >= 15 is 0 Å². The summed E-state index contributed by atoms with van der Waals surface area (Å²) in [7, 11) is 0. The van der Waals surface area contributed by atoms with Gasteiger partial charge < -0.3 is 15.6 Å². The predicted molar refractivity (Wildman–Crippen MR) is 73.0 cm³/mol. The Hall–Kier alpha value is -2.05. The summed E-state index contributed by atoms with van der Waals surface area (Å²) in [5, 5.41) is 11.5. The SMILES string of the molecule is Cc1noc(CCNc2c(N)c(C)nn2C(C)C)n1. The summed E-state index contributed by atoms with van der Waals surface area (Å²) >= 11 is 0. The van der Waals surface area contributed by atoms with Crippen molar-refractivity contribution in [3.8, 4) is 0 Å². The topological polar surface area (TPSA) is 94.8 Å². The predicted octanol–water partition coefficient (Wildman–Crippen LogP) is 1.70. The van der Waals surface area contributed by atoms with Crippen LogP contribution in [0.25, 0.3) is 0 Å². The number of nitrogens with zero attached hydrogens (tertiary/aromatic N) is 4. The van der Waals surface area contributed by atoms with E-state index in [1.54, 1.807) is 6.92 Å². The van der Waals surface area contributed by atoms with Crippen molar-refractivity contribution in [2.24, 2.45) is 0 Å². The molecule has 2 aromatic rings. The van der Waals surface area contributed by atoms with Crippen molar-refractivity contribution < 1.29 is 4.52 Å². The van der Waals surface area contributed by atoms with E-state index in [-0.39, 0.29) is 6.04 Å². The minimum atomic E-state index is 0.254. The molecule has 0 radical (unpaired) electrons. The maximum Gasteiger partial charge on any atom is 0.228 e. The number of hydrogen-bond acceptors (Lipinski definition) is 6. The lowest BCUT2D eigenvalue weighted by atomic mass is 10.3. The highest BCUT2D eigenvalue weighted by Gasteiger charge is 2.14. The van der Waals surface area contributed by atoms with Crippen LogP contribution in [0.4, 0.5) is 11.5 Å². The van der Waals surface area contributed by atoms with Gasteiger partial charge in [-0.2, -0.15) is 10.1 Å². The van der Waals surface area contributed by atoms with Crippen LogP contribution >= 0.6 is 0 Å². The van der Waals surface area contributed by atoms with E-state index < -0.39 is 0 Å². The third-order valence-electron chi connectivity index (χ3n) is 2.82. The Labute approximate surface area is 112 Å². The van der Waals surface area contributed by atoms with Gasteiger partial charge in [0.05, 0.1) is 11.4 Å². The number of nitrogen functional groups attached to an aromatic ring is 1. The second-order valence-corrected chi connectivity index (χ2v) is 4.80. The number of anilines is 2. The number of hydrogen-bond donors (Lipinski definition) is 2. The first-order chi connectivity index (χ1) is 8.99. The van der Waals surface area contributed by atoms with Crippen LogP contribution in [0, 0.1) is 13.8 Å². The Morgan fingerprint density at radius 3 is 2.68 bits per heavy atom. The molecule has 0 bridgehead atoms. The van der Waals surface area contributed by atoms with E-state index in [9.17, 15) is 0 Å². The summed E-state index contributed by atoms with van der Waals surface area (Å²) in [6.07, 6.45) is 0.655. The third-order valence-corrected chi connectivity index (χ3v) is 2.82. The molecular weight excluding hydrogens is 244 g/mol. The summed E-state index contributed by atoms with van der Waals surface area (Å²) in [6, 6.07) is 0.254. The molecule has 2 rings (SSSR count). The first-order valence-corrected chi connectivity index (χ1v) is 6.36. The van der Waals surface area contributed by atoms with Gasteiger partial charge in [-0.05, 0) is 27.7 Å². The summed E-state index contributed by atoms with van der Waals surface area (Å²) in [4.78, 5) is 4.16. The zero-order chi connectivity index (χ0) is 14.0. The molecule has 0 unspecified atom stereocenters. The molecule has 0 spiro atoms. The highest BCUT2D eigenvalue weighted by molar-refractivity contribution is 5.64. The molecule has 0 atom stereocenters. The van der Waals surface area contributed by atoms with Crippen molar-refractivity contribution in [1.82, 2.24) is 19.9 Å². The van der Waals surface area contributed by atoms with Gasteiger partial charge in [0.15, 0.2) is 5.82 Å². The Kier molecular flexibility index (Phi) is 3.73. The van der Waals surface area contributed by atoms with Crippen LogP contribution in [-0.2, 0) is 6.42 Å². The molecule has 7 heteroatoms. The van der Waals surface area contributed by atoms with Crippen molar-refractivity contribution in [2.75, 3.05) is 17.6 Å². The van der Waals surface area contributed by atoms with Crippen molar-refractivity contribution in [2.45, 2.75) is 40.2 Å². The fraction of sp³-hybridized carbons (Fsp3) is 0.583. The normalized spacial score (nSPS) is 11.2. The summed E-state index contributed by atoms with van der Waals surface area (Å²) in [6.45, 7) is 8.51. The lowest BCUT2D eigenvalue weighted by molar-refractivity contribution is 0.377. The van der Waals surface area contributed by atoms with Gasteiger partial charge in [-0.25, -0.2) is 4.68 Å². The fourth-order valence-electron chi connectivity index (χ4n) is 1.84. The molecule has 19 heavy (non-hydrogen) atoms. The number of nitrogens with one attached hydrogen (secondary N) is 1. The van der Waals surface area contributed by atoms with Crippen LogP contribution < -0.4 is 11.1 Å². The van der Waals surface area contributed by atoms with Crippen LogP contribution in [0.5, 0.6) is 0 Å². The number of aryl methyl sites for hydroxylation is 2. The Bertz CT molecular complexity index is 557.